The SMILES string of the molecule is C.C.C.C.C.C.C.C.C.C.C.C.C.C.C.C.C=C1C[C@@]23CCC4[C@](C)(C(=O)OC5OC(CO)C(O)C(OC6OC(CO)C(O)C(O)C6O)C5OC5OC(CO)C(O)C(O)C5O)CCC[C@@]4(C)[C@@H]2CCC1(OC1OC(CO)C(O)C(OC2OC(CO)C(O)C(O)C2O)C1O)C3. The standard InChI is InChI=1S/C50H80O28.16CH4/c1-18-11-49-9-5-24-47(2,25(49)6-10-50(18,17-49)78-44-37(67)38(29(59)22(15-54)72-44)74-41-34(64)31(61)26(56)19(12-51)69-41)7-4-8-48(24,3)46(68)77-45-40(76-43-36(66)33(63)28(58)21(14-53)71-43)39(30(60)23(16-55)73-45)75-42-35(65)32(62)27(57)20(13-52)70-42;;;;;;;;;;;;;;;;/h19-45,51-67H,1,4-17H2,2-3H3;16*1H4/t19?,20?,21?,22?,23?,24?,25-,26?,27?,28?,29?,30?,31?,32?,33?,34?,35?,36?,37?,38?,39?,40?,41?,42?,43?,44?,45?,47+,48+,49+,50?;;;;;;;;;;;;;;;;/m0................/s1. The molecule has 0 amide bonds. The summed E-state index contributed by atoms with van der Waals surface area (Å²) < 4.78 is 59.7. The number of fused-ring (bicyclic) bond motifs is 3. The first kappa shape index (κ1) is 108. The molecule has 5 heterocycles. The zero-order valence-corrected chi connectivity index (χ0v) is 43.3. The molecule has 9 rings (SSSR count). The van der Waals surface area contributed by atoms with Gasteiger partial charge in [0.25, 0.3) is 0 Å². The number of esters is 1. The maximum absolute atomic E-state index is 15.2. The number of hydrogen-bond acceptors (Lipinski definition) is 28. The predicted octanol–water partition coefficient (Wildman–Crippen LogP) is 2.89. The predicted molar refractivity (Wildman–Crippen MR) is 359 cm³/mol. The highest BCUT2D eigenvalue weighted by Crippen LogP contribution is 2.74. The van der Waals surface area contributed by atoms with Crippen LogP contribution in [0.1, 0.15) is 190 Å². The highest BCUT2D eigenvalue weighted by atomic mass is 16.8. The summed E-state index contributed by atoms with van der Waals surface area (Å²) >= 11 is 0. The molecular formula is C66H144O28. The Kier molecular flexibility index (Phi) is 48.1. The molecule has 5 aliphatic heterocycles. The summed E-state index contributed by atoms with van der Waals surface area (Å²) in [5.74, 6) is -1.19. The van der Waals surface area contributed by atoms with E-state index in [0.29, 0.717) is 63.4 Å². The molecule has 576 valence electrons. The number of aliphatic hydroxyl groups is 17. The molecule has 31 atom stereocenters. The van der Waals surface area contributed by atoms with Crippen LogP contribution in [0.15, 0.2) is 12.2 Å². The van der Waals surface area contributed by atoms with Gasteiger partial charge >= 0.3 is 5.97 Å². The van der Waals surface area contributed by atoms with Crippen LogP contribution in [0.2, 0.25) is 0 Å². The van der Waals surface area contributed by atoms with Crippen LogP contribution in [0.25, 0.3) is 0 Å². The number of ether oxygens (including phenoxy) is 10. The summed E-state index contributed by atoms with van der Waals surface area (Å²) in [5.41, 5.74) is -2.63. The van der Waals surface area contributed by atoms with E-state index in [0.717, 1.165) is 0 Å². The molecule has 28 heteroatoms. The second kappa shape index (κ2) is 41.8. The second-order valence-corrected chi connectivity index (χ2v) is 23.6. The van der Waals surface area contributed by atoms with Crippen molar-refractivity contribution in [2.45, 2.75) is 350 Å². The third-order valence-corrected chi connectivity index (χ3v) is 19.2. The van der Waals surface area contributed by atoms with Crippen LogP contribution in [0.3, 0.4) is 0 Å². The van der Waals surface area contributed by atoms with Gasteiger partial charge < -0.3 is 134 Å². The van der Waals surface area contributed by atoms with Gasteiger partial charge in [0.05, 0.1) is 44.1 Å². The molecule has 27 unspecified atom stereocenters. The van der Waals surface area contributed by atoms with Crippen molar-refractivity contribution in [2.75, 3.05) is 33.0 Å². The lowest BCUT2D eigenvalue weighted by molar-refractivity contribution is -0.389. The van der Waals surface area contributed by atoms with Gasteiger partial charge in [-0.25, -0.2) is 0 Å². The Bertz CT molecular complexity index is 2080. The van der Waals surface area contributed by atoms with E-state index < -0.39 is 214 Å². The summed E-state index contributed by atoms with van der Waals surface area (Å²) in [7, 11) is 0. The van der Waals surface area contributed by atoms with Gasteiger partial charge in [0, 0.05) is 0 Å². The van der Waals surface area contributed by atoms with Crippen molar-refractivity contribution in [3.05, 3.63) is 12.2 Å². The van der Waals surface area contributed by atoms with Crippen LogP contribution < -0.4 is 0 Å². The fraction of sp³-hybridized carbons (Fsp3) is 0.955. The Hall–Kier alpha value is -1.83. The summed E-state index contributed by atoms with van der Waals surface area (Å²) in [6, 6.07) is 0. The van der Waals surface area contributed by atoms with Gasteiger partial charge in [-0.15, -0.1) is 0 Å². The van der Waals surface area contributed by atoms with Crippen LogP contribution in [0.5, 0.6) is 0 Å². The van der Waals surface area contributed by atoms with E-state index in [4.69, 9.17) is 47.4 Å². The monoisotopic (exact) mass is 1380 g/mol. The molecule has 0 aromatic rings. The van der Waals surface area contributed by atoms with E-state index in [1.54, 1.807) is 6.92 Å². The van der Waals surface area contributed by atoms with Crippen molar-refractivity contribution in [2.24, 2.45) is 28.1 Å². The Morgan fingerprint density at radius 2 is 0.766 bits per heavy atom. The molecule has 17 N–H and O–H groups in total. The average Bonchev–Trinajstić information content (AvgIpc) is 1.40. The van der Waals surface area contributed by atoms with Crippen LogP contribution in [-0.4, -0.2) is 285 Å². The first-order chi connectivity index (χ1) is 36.9. The lowest BCUT2D eigenvalue weighted by atomic mass is 9.41. The molecule has 5 saturated heterocycles. The average molecular weight is 1390 g/mol. The zero-order valence-electron chi connectivity index (χ0n) is 43.3. The lowest BCUT2D eigenvalue weighted by Gasteiger charge is -2.64. The minimum atomic E-state index is -2.04. The maximum atomic E-state index is 15.2. The molecule has 1 spiro atoms. The van der Waals surface area contributed by atoms with Gasteiger partial charge in [-0.2, -0.15) is 0 Å². The molecule has 4 saturated carbocycles. The van der Waals surface area contributed by atoms with Gasteiger partial charge in [-0.05, 0) is 86.5 Å². The third-order valence-electron chi connectivity index (χ3n) is 19.2. The second-order valence-electron chi connectivity index (χ2n) is 23.6. The number of hydrogen-bond donors (Lipinski definition) is 17. The molecule has 9 fully saturated rings. The highest BCUT2D eigenvalue weighted by molar-refractivity contribution is 5.77. The fourth-order valence-corrected chi connectivity index (χ4v) is 15.0. The van der Waals surface area contributed by atoms with Crippen molar-refractivity contribution >= 4 is 5.97 Å². The molecule has 2 bridgehead atoms. The van der Waals surface area contributed by atoms with Crippen LogP contribution in [-0.2, 0) is 52.2 Å². The summed E-state index contributed by atoms with van der Waals surface area (Å²) in [6.07, 6.45) is -39.9. The summed E-state index contributed by atoms with van der Waals surface area (Å²) in [6.45, 7) is 4.22. The zero-order chi connectivity index (χ0) is 56.7. The molecule has 0 radical (unpaired) electrons. The molecule has 9 aliphatic rings. The number of carbonyl (C=O) groups excluding carboxylic acids is 1. The van der Waals surface area contributed by atoms with Gasteiger partial charge in [-0.3, -0.25) is 4.79 Å². The molecule has 94 heavy (non-hydrogen) atoms. The third kappa shape index (κ3) is 18.6. The van der Waals surface area contributed by atoms with Gasteiger partial charge in [0.2, 0.25) is 6.29 Å². The van der Waals surface area contributed by atoms with Crippen molar-refractivity contribution in [1.82, 2.24) is 0 Å². The van der Waals surface area contributed by atoms with E-state index in [1.807, 2.05) is 0 Å². The summed E-state index contributed by atoms with van der Waals surface area (Å²) in [5, 5.41) is 181. The normalized spacial score (nSPS) is 45.2. The van der Waals surface area contributed by atoms with Gasteiger partial charge in [0.15, 0.2) is 31.3 Å². The minimum absolute atomic E-state index is 0. The van der Waals surface area contributed by atoms with Crippen LogP contribution in [0.4, 0.5) is 0 Å². The van der Waals surface area contributed by atoms with Crippen LogP contribution >= 0.6 is 0 Å². The molecule has 4 aliphatic carbocycles. The summed E-state index contributed by atoms with van der Waals surface area (Å²) in [4.78, 5) is 15.2. The number of rotatable bonds is 15. The number of aliphatic hydroxyl groups excluding tert-OH is 17. The highest BCUT2D eigenvalue weighted by Gasteiger charge is 2.70. The Morgan fingerprint density at radius 1 is 0.415 bits per heavy atom. The first-order valence-corrected chi connectivity index (χ1v) is 26.9. The molecular weight excluding hydrogens is 1240 g/mol. The molecule has 28 nitrogen and oxygen atoms in total. The van der Waals surface area contributed by atoms with Crippen molar-refractivity contribution in [1.29, 1.82) is 0 Å². The fourth-order valence-electron chi connectivity index (χ4n) is 15.0. The van der Waals surface area contributed by atoms with E-state index in [1.165, 1.54) is 0 Å². The quantitative estimate of drug-likeness (QED) is 0.0636. The van der Waals surface area contributed by atoms with Crippen molar-refractivity contribution in [3.8, 4) is 0 Å². The van der Waals surface area contributed by atoms with E-state index in [9.17, 15) is 86.8 Å². The Morgan fingerprint density at radius 3 is 1.18 bits per heavy atom. The Labute approximate surface area is 566 Å². The van der Waals surface area contributed by atoms with Crippen molar-refractivity contribution < 1.29 is 139 Å². The molecule has 0 aromatic heterocycles. The lowest BCUT2D eigenvalue weighted by Crippen LogP contribution is -2.67. The first-order valence-electron chi connectivity index (χ1n) is 26.9. The van der Waals surface area contributed by atoms with Crippen molar-refractivity contribution in [3.63, 3.8) is 0 Å². The number of carbonyl (C=O) groups is 1. The van der Waals surface area contributed by atoms with Crippen LogP contribution in [0, 0.1) is 28.1 Å². The maximum Gasteiger partial charge on any atom is 0.314 e. The minimum Gasteiger partial charge on any atom is -0.432 e. The van der Waals surface area contributed by atoms with E-state index in [2.05, 4.69) is 13.5 Å². The van der Waals surface area contributed by atoms with E-state index in [-0.39, 0.29) is 131 Å². The van der Waals surface area contributed by atoms with Gasteiger partial charge in [0.1, 0.15) is 116 Å². The topological polar surface area (TPSA) is 453 Å². The van der Waals surface area contributed by atoms with Gasteiger partial charge in [-0.1, -0.05) is 139 Å². The van der Waals surface area contributed by atoms with E-state index >= 15 is 4.79 Å². The smallest absolute Gasteiger partial charge is 0.314 e. The Balaban J connectivity index is -0.000000770. The molecule has 0 aromatic carbocycles. The largest absolute Gasteiger partial charge is 0.432 e.